The third kappa shape index (κ3) is 4.28. The first-order valence-electron chi connectivity index (χ1n) is 15.8. The average Bonchev–Trinajstić information content (AvgIpc) is 3.05. The first-order chi connectivity index (χ1) is 20.8. The minimum atomic E-state index is 0.357. The van der Waals surface area contributed by atoms with Gasteiger partial charge < -0.3 is 0 Å². The fourth-order valence-corrected chi connectivity index (χ4v) is 9.54. The summed E-state index contributed by atoms with van der Waals surface area (Å²) in [5.41, 5.74) is 10.8. The third-order valence-corrected chi connectivity index (χ3v) is 12.0. The Hall–Kier alpha value is -3.80. The van der Waals surface area contributed by atoms with Gasteiger partial charge in [0.1, 0.15) is 0 Å². The lowest BCUT2D eigenvalue weighted by molar-refractivity contribution is -0.0158. The lowest BCUT2D eigenvalue weighted by Gasteiger charge is -2.61. The highest BCUT2D eigenvalue weighted by molar-refractivity contribution is 5.59. The summed E-state index contributed by atoms with van der Waals surface area (Å²) in [6, 6.07) is 17.0. The van der Waals surface area contributed by atoms with Crippen molar-refractivity contribution >= 4 is 0 Å². The maximum Gasteiger partial charge on any atom is 0.0889 e. The monoisotopic (exact) mass is 572 g/mol. The van der Waals surface area contributed by atoms with E-state index in [0.29, 0.717) is 34.5 Å². The summed E-state index contributed by atoms with van der Waals surface area (Å²) in [7, 11) is 0. The van der Waals surface area contributed by atoms with E-state index in [0.717, 1.165) is 34.6 Å². The molecule has 10 rings (SSSR count). The van der Waals surface area contributed by atoms with Crippen LogP contribution in [0.3, 0.4) is 0 Å². The molecule has 4 heterocycles. The predicted octanol–water partition coefficient (Wildman–Crippen LogP) is 8.99. The van der Waals surface area contributed by atoms with Crippen molar-refractivity contribution in [1.29, 1.82) is 0 Å². The van der Waals surface area contributed by atoms with Crippen LogP contribution in [0.5, 0.6) is 0 Å². The summed E-state index contributed by atoms with van der Waals surface area (Å²) in [6.07, 6.45) is 14.5. The molecule has 220 valence electrons. The van der Waals surface area contributed by atoms with Gasteiger partial charge in [0.15, 0.2) is 0 Å². The molecule has 0 saturated heterocycles. The van der Waals surface area contributed by atoms with Gasteiger partial charge in [-0.2, -0.15) is 0 Å². The largest absolute Gasteiger partial charge is 0.255 e. The topological polar surface area (TPSA) is 85.7 Å². The van der Waals surface area contributed by atoms with Crippen LogP contribution in [0.25, 0.3) is 22.8 Å². The Morgan fingerprint density at radius 3 is 1.42 bits per heavy atom. The molecule has 2 saturated carbocycles. The van der Waals surface area contributed by atoms with Crippen molar-refractivity contribution in [2.24, 2.45) is 22.7 Å². The number of hydrogen-bond donors (Lipinski definition) is 0. The minimum absolute atomic E-state index is 0.357. The lowest BCUT2D eigenvalue weighted by Crippen LogP contribution is -2.51. The summed E-state index contributed by atoms with van der Waals surface area (Å²) in [6.45, 7) is 9.98. The van der Waals surface area contributed by atoms with Crippen molar-refractivity contribution in [3.63, 3.8) is 0 Å². The van der Waals surface area contributed by atoms with E-state index >= 15 is 0 Å². The highest BCUT2D eigenvalue weighted by atomic mass is 16.7. The second-order valence-electron chi connectivity index (χ2n) is 14.4. The van der Waals surface area contributed by atoms with Gasteiger partial charge in [-0.15, -0.1) is 0 Å². The van der Waals surface area contributed by atoms with Crippen LogP contribution in [0.15, 0.2) is 73.3 Å². The van der Waals surface area contributed by atoms with E-state index in [4.69, 9.17) is 19.9 Å². The molecule has 6 aliphatic carbocycles. The number of hydrogen-bond acceptors (Lipinski definition) is 6. The second kappa shape index (κ2) is 10.4. The zero-order valence-electron chi connectivity index (χ0n) is 25.5. The van der Waals surface area contributed by atoms with Crippen LogP contribution in [0, 0.1) is 32.6 Å². The Morgan fingerprint density at radius 2 is 1.05 bits per heavy atom. The van der Waals surface area contributed by atoms with Gasteiger partial charge >= 0.3 is 0 Å². The second-order valence-corrected chi connectivity index (χ2v) is 14.4. The predicted molar refractivity (Wildman–Crippen MR) is 170 cm³/mol. The van der Waals surface area contributed by atoms with E-state index in [2.05, 4.69) is 86.5 Å². The number of nitrogens with zero attached hydrogens (tertiary/aromatic N) is 4. The minimum Gasteiger partial charge on any atom is -0.255 e. The third-order valence-electron chi connectivity index (χ3n) is 12.0. The van der Waals surface area contributed by atoms with Gasteiger partial charge in [0.05, 0.1) is 22.8 Å². The van der Waals surface area contributed by atoms with Gasteiger partial charge in [0.25, 0.3) is 0 Å². The van der Waals surface area contributed by atoms with Crippen LogP contribution >= 0.6 is 0 Å². The fourth-order valence-electron chi connectivity index (χ4n) is 9.54. The molecule has 6 aliphatic rings. The Morgan fingerprint density at radius 1 is 0.605 bits per heavy atom. The molecule has 2 fully saturated rings. The molecule has 0 N–H and O–H groups in total. The van der Waals surface area contributed by atoms with E-state index in [1.165, 1.54) is 43.2 Å². The quantitative estimate of drug-likeness (QED) is 0.229. The maximum absolute atomic E-state index is 7.00. The van der Waals surface area contributed by atoms with E-state index in [-0.39, 0.29) is 0 Å². The van der Waals surface area contributed by atoms with Crippen LogP contribution < -0.4 is 0 Å². The molecule has 6 atom stereocenters. The van der Waals surface area contributed by atoms with Crippen molar-refractivity contribution in [1.82, 2.24) is 19.9 Å². The van der Waals surface area contributed by atoms with Crippen LogP contribution in [-0.4, -0.2) is 19.9 Å². The van der Waals surface area contributed by atoms with Crippen LogP contribution in [0.2, 0.25) is 0 Å². The standard InChI is InChI=1S/C37H40N4.O2/c1-36(2)28-18-30(36)26-20-40-34(32-12-5-7-14-38-32)16-24(26)22(28)10-9-11-23-25-17-35(33-13-6-8-15-39-33)41-21-27(25)31-19-29(23)37(31,3)4;1-2/h5-8,12-17,20-23,28-31H,9-11,18-19H2,1-4H3;/t22-,23-,28-,29-,30+,31+;/m0./s1. The molecule has 0 unspecified atom stereocenters. The van der Waals surface area contributed by atoms with Crippen molar-refractivity contribution in [2.45, 2.75) is 83.5 Å². The van der Waals surface area contributed by atoms with Crippen LogP contribution in [0.1, 0.15) is 106 Å². The number of rotatable bonds is 6. The fraction of sp³-hybridized carbons (Fsp3) is 0.459. The molecule has 4 aromatic rings. The number of pyridine rings is 4. The summed E-state index contributed by atoms with van der Waals surface area (Å²) < 4.78 is 0. The normalized spacial score (nSPS) is 28.2. The zero-order chi connectivity index (χ0) is 29.9. The summed E-state index contributed by atoms with van der Waals surface area (Å²) in [4.78, 5) is 33.0. The molecule has 4 aromatic heterocycles. The zero-order valence-corrected chi connectivity index (χ0v) is 25.5. The first kappa shape index (κ1) is 28.0. The molecule has 4 bridgehead atoms. The molecular formula is C37H40N4O2. The number of aromatic nitrogens is 4. The van der Waals surface area contributed by atoms with Crippen molar-refractivity contribution in [3.05, 3.63) is 106 Å². The lowest BCUT2D eigenvalue weighted by atomic mass is 9.43. The molecule has 0 spiro atoms. The van der Waals surface area contributed by atoms with Gasteiger partial charge in [-0.1, -0.05) is 46.2 Å². The van der Waals surface area contributed by atoms with Gasteiger partial charge in [0, 0.05) is 34.7 Å². The van der Waals surface area contributed by atoms with E-state index < -0.39 is 0 Å². The van der Waals surface area contributed by atoms with Gasteiger partial charge in [-0.3, -0.25) is 19.9 Å². The Labute approximate surface area is 254 Å². The van der Waals surface area contributed by atoms with Crippen LogP contribution in [-0.2, 0) is 0 Å². The summed E-state index contributed by atoms with van der Waals surface area (Å²) in [5, 5.41) is 0. The van der Waals surface area contributed by atoms with Crippen molar-refractivity contribution < 1.29 is 0 Å². The summed E-state index contributed by atoms with van der Waals surface area (Å²) in [5.74, 6) is 3.98. The molecule has 6 nitrogen and oxygen atoms in total. The van der Waals surface area contributed by atoms with Gasteiger partial charge in [-0.05, 0) is 131 Å². The molecule has 0 aliphatic heterocycles. The summed E-state index contributed by atoms with van der Waals surface area (Å²) >= 11 is 0. The molecule has 0 aromatic carbocycles. The van der Waals surface area contributed by atoms with E-state index in [1.54, 1.807) is 11.1 Å². The molecule has 0 amide bonds. The Bertz CT molecular complexity index is 1520. The maximum atomic E-state index is 7.00. The molecule has 43 heavy (non-hydrogen) atoms. The molecule has 6 heteroatoms. The highest BCUT2D eigenvalue weighted by Crippen LogP contribution is 2.69. The first-order valence-corrected chi connectivity index (χ1v) is 15.8. The van der Waals surface area contributed by atoms with Crippen molar-refractivity contribution in [3.8, 4) is 22.8 Å². The highest BCUT2D eigenvalue weighted by Gasteiger charge is 2.58. The average molecular weight is 573 g/mol. The SMILES string of the molecule is CC1(C)[C@@H]2C[C@H]1[C@@H](CCC[C@H]1c3cc(-c4ccccn4)ncc3[C@H]3C[C@@H]1C3(C)C)c1cc(-c3ccccn3)ncc12.O=O. The smallest absolute Gasteiger partial charge is 0.0889 e. The Balaban J connectivity index is 0.00000147. The van der Waals surface area contributed by atoms with E-state index in [9.17, 15) is 0 Å². The van der Waals surface area contributed by atoms with Crippen LogP contribution in [0.4, 0.5) is 0 Å². The van der Waals surface area contributed by atoms with Gasteiger partial charge in [0.2, 0.25) is 0 Å². The molecule has 0 radical (unpaired) electrons. The Kier molecular flexibility index (Phi) is 6.79. The van der Waals surface area contributed by atoms with Crippen molar-refractivity contribution in [2.75, 3.05) is 0 Å². The molecular weight excluding hydrogens is 532 g/mol. The van der Waals surface area contributed by atoms with E-state index in [1.807, 2.05) is 24.5 Å². The van der Waals surface area contributed by atoms with Gasteiger partial charge in [-0.25, -0.2) is 0 Å².